The quantitative estimate of drug-likeness (QED) is 0.772. The highest BCUT2D eigenvalue weighted by Crippen LogP contribution is 2.26. The first-order valence-corrected chi connectivity index (χ1v) is 11.2. The molecule has 2 aromatic rings. The normalized spacial score (nSPS) is 15.5. The molecule has 0 bridgehead atoms. The van der Waals surface area contributed by atoms with E-state index in [1.54, 1.807) is 0 Å². The van der Waals surface area contributed by atoms with Crippen molar-refractivity contribution in [3.8, 4) is 0 Å². The molecule has 0 aliphatic carbocycles. The summed E-state index contributed by atoms with van der Waals surface area (Å²) in [4.78, 5) is 12.8. The van der Waals surface area contributed by atoms with Gasteiger partial charge in [0.05, 0.1) is 15.5 Å². The number of carbonyl (C=O) groups is 1. The number of nitrogens with one attached hydrogen (secondary N) is 1. The number of halogens is 1. The second-order valence-corrected chi connectivity index (χ2v) is 10.0. The smallest absolute Gasteiger partial charge is 0.252 e. The van der Waals surface area contributed by atoms with E-state index < -0.39 is 10.0 Å². The maximum absolute atomic E-state index is 12.8. The van der Waals surface area contributed by atoms with Crippen LogP contribution >= 0.6 is 11.6 Å². The third-order valence-electron chi connectivity index (χ3n) is 5.13. The zero-order valence-electron chi connectivity index (χ0n) is 16.1. The minimum Gasteiger partial charge on any atom is -0.351 e. The Balaban J connectivity index is 1.78. The summed E-state index contributed by atoms with van der Waals surface area (Å²) in [5.41, 5.74) is 1.00. The van der Waals surface area contributed by atoms with Gasteiger partial charge in [0, 0.05) is 25.0 Å². The van der Waals surface area contributed by atoms with Crippen molar-refractivity contribution >= 4 is 27.5 Å². The van der Waals surface area contributed by atoms with Gasteiger partial charge < -0.3 is 5.32 Å². The molecule has 2 aromatic carbocycles. The molecule has 0 atom stereocenters. The predicted molar refractivity (Wildman–Crippen MR) is 111 cm³/mol. The van der Waals surface area contributed by atoms with Gasteiger partial charge in [0.1, 0.15) is 0 Å². The Morgan fingerprint density at radius 3 is 2.39 bits per heavy atom. The molecule has 0 spiro atoms. The van der Waals surface area contributed by atoms with Gasteiger partial charge in [-0.2, -0.15) is 4.31 Å². The van der Waals surface area contributed by atoms with Crippen LogP contribution in [0.4, 0.5) is 0 Å². The van der Waals surface area contributed by atoms with E-state index in [0.29, 0.717) is 19.6 Å². The van der Waals surface area contributed by atoms with Crippen LogP contribution in [-0.4, -0.2) is 38.3 Å². The first kappa shape index (κ1) is 20.8. The van der Waals surface area contributed by atoms with E-state index in [1.165, 1.54) is 22.5 Å². The van der Waals surface area contributed by atoms with Gasteiger partial charge in [0.2, 0.25) is 10.0 Å². The molecule has 1 aliphatic rings. The van der Waals surface area contributed by atoms with Gasteiger partial charge in [0.25, 0.3) is 5.91 Å². The summed E-state index contributed by atoms with van der Waals surface area (Å²) in [6.07, 6.45) is 1.71. The van der Waals surface area contributed by atoms with Gasteiger partial charge in [-0.3, -0.25) is 4.79 Å². The molecule has 1 heterocycles. The molecule has 150 valence electrons. The summed E-state index contributed by atoms with van der Waals surface area (Å²) in [6.45, 7) is 5.50. The molecule has 3 rings (SSSR count). The minimum absolute atomic E-state index is 0.103. The molecular formula is C21H25ClN2O3S. The summed E-state index contributed by atoms with van der Waals surface area (Å²) in [5.74, 6) is -0.382. The number of sulfonamides is 1. The predicted octanol–water partition coefficient (Wildman–Crippen LogP) is 3.83. The number of benzene rings is 2. The van der Waals surface area contributed by atoms with Crippen molar-refractivity contribution in [2.75, 3.05) is 19.6 Å². The number of rotatable bonds is 6. The van der Waals surface area contributed by atoms with E-state index in [4.69, 9.17) is 11.6 Å². The lowest BCUT2D eigenvalue weighted by Gasteiger charge is -2.26. The van der Waals surface area contributed by atoms with Crippen molar-refractivity contribution in [2.45, 2.75) is 37.0 Å². The fraction of sp³-hybridized carbons (Fsp3) is 0.381. The lowest BCUT2D eigenvalue weighted by Crippen LogP contribution is -2.37. The molecule has 0 saturated carbocycles. The number of carbonyl (C=O) groups excluding carboxylic acids is 1. The average molecular weight is 421 g/mol. The monoisotopic (exact) mass is 420 g/mol. The third-order valence-corrected chi connectivity index (χ3v) is 7.36. The van der Waals surface area contributed by atoms with Gasteiger partial charge in [0.15, 0.2) is 0 Å². The second-order valence-electron chi connectivity index (χ2n) is 7.69. The maximum Gasteiger partial charge on any atom is 0.252 e. The third kappa shape index (κ3) is 4.40. The molecule has 1 aliphatic heterocycles. The molecule has 1 amide bonds. The topological polar surface area (TPSA) is 66.5 Å². The van der Waals surface area contributed by atoms with Crippen LogP contribution < -0.4 is 5.32 Å². The molecular weight excluding hydrogens is 396 g/mol. The Kier molecular flexibility index (Phi) is 6.12. The molecule has 28 heavy (non-hydrogen) atoms. The average Bonchev–Trinajstić information content (AvgIpc) is 3.23. The minimum atomic E-state index is -3.60. The van der Waals surface area contributed by atoms with Crippen LogP contribution in [0.25, 0.3) is 0 Å². The maximum atomic E-state index is 12.8. The van der Waals surface area contributed by atoms with E-state index in [1.807, 2.05) is 44.2 Å². The Morgan fingerprint density at radius 2 is 1.75 bits per heavy atom. The van der Waals surface area contributed by atoms with Crippen LogP contribution in [0.15, 0.2) is 53.4 Å². The second kappa shape index (κ2) is 8.23. The largest absolute Gasteiger partial charge is 0.351 e. The Morgan fingerprint density at radius 1 is 1.11 bits per heavy atom. The van der Waals surface area contributed by atoms with Crippen LogP contribution in [0.3, 0.4) is 0 Å². The van der Waals surface area contributed by atoms with Crippen molar-refractivity contribution < 1.29 is 13.2 Å². The number of nitrogens with zero attached hydrogens (tertiary/aromatic N) is 1. The summed E-state index contributed by atoms with van der Waals surface area (Å²) < 4.78 is 27.0. The molecule has 7 heteroatoms. The Hall–Kier alpha value is -1.89. The molecule has 1 N–H and O–H groups in total. The van der Waals surface area contributed by atoms with Crippen LogP contribution in [-0.2, 0) is 15.4 Å². The van der Waals surface area contributed by atoms with E-state index in [9.17, 15) is 13.2 Å². The highest BCUT2D eigenvalue weighted by atomic mass is 35.5. The van der Waals surface area contributed by atoms with Crippen molar-refractivity contribution in [1.29, 1.82) is 0 Å². The zero-order chi connectivity index (χ0) is 20.4. The Bertz CT molecular complexity index is 953. The van der Waals surface area contributed by atoms with Gasteiger partial charge in [-0.15, -0.1) is 0 Å². The summed E-state index contributed by atoms with van der Waals surface area (Å²) >= 11 is 6.20. The fourth-order valence-electron chi connectivity index (χ4n) is 3.30. The lowest BCUT2D eigenvalue weighted by molar-refractivity contribution is 0.0945. The SMILES string of the molecule is CC(C)(CNC(=O)c1cc(S(=O)(=O)N2CCCC2)ccc1Cl)c1ccccc1. The molecule has 0 radical (unpaired) electrons. The van der Waals surface area contributed by atoms with Crippen LogP contribution in [0, 0.1) is 0 Å². The lowest BCUT2D eigenvalue weighted by atomic mass is 9.84. The van der Waals surface area contributed by atoms with E-state index in [0.717, 1.165) is 18.4 Å². The zero-order valence-corrected chi connectivity index (χ0v) is 17.7. The van der Waals surface area contributed by atoms with Gasteiger partial charge in [-0.05, 0) is 36.6 Å². The highest BCUT2D eigenvalue weighted by Gasteiger charge is 2.29. The first-order valence-electron chi connectivity index (χ1n) is 9.35. The van der Waals surface area contributed by atoms with Crippen LogP contribution in [0.5, 0.6) is 0 Å². The Labute approximate surface area is 171 Å². The van der Waals surface area contributed by atoms with Crippen molar-refractivity contribution in [1.82, 2.24) is 9.62 Å². The number of hydrogen-bond donors (Lipinski definition) is 1. The summed E-state index contributed by atoms with van der Waals surface area (Å²) in [6, 6.07) is 14.2. The van der Waals surface area contributed by atoms with Crippen molar-refractivity contribution in [3.63, 3.8) is 0 Å². The molecule has 0 unspecified atom stereocenters. The van der Waals surface area contributed by atoms with E-state index in [-0.39, 0.29) is 26.8 Å². The van der Waals surface area contributed by atoms with Gasteiger partial charge in [-0.25, -0.2) is 8.42 Å². The van der Waals surface area contributed by atoms with Crippen LogP contribution in [0.2, 0.25) is 5.02 Å². The molecule has 1 saturated heterocycles. The van der Waals surface area contributed by atoms with Crippen molar-refractivity contribution in [3.05, 3.63) is 64.7 Å². The molecule has 5 nitrogen and oxygen atoms in total. The summed E-state index contributed by atoms with van der Waals surface area (Å²) in [5, 5.41) is 3.13. The van der Waals surface area contributed by atoms with Gasteiger partial charge in [-0.1, -0.05) is 55.8 Å². The van der Waals surface area contributed by atoms with Crippen molar-refractivity contribution in [2.24, 2.45) is 0 Å². The first-order chi connectivity index (χ1) is 13.2. The number of hydrogen-bond acceptors (Lipinski definition) is 3. The van der Waals surface area contributed by atoms with Gasteiger partial charge >= 0.3 is 0 Å². The van der Waals surface area contributed by atoms with E-state index in [2.05, 4.69) is 5.32 Å². The summed E-state index contributed by atoms with van der Waals surface area (Å²) in [7, 11) is -3.60. The van der Waals surface area contributed by atoms with E-state index >= 15 is 0 Å². The molecule has 0 aromatic heterocycles. The van der Waals surface area contributed by atoms with Crippen LogP contribution in [0.1, 0.15) is 42.6 Å². The molecule has 1 fully saturated rings. The standard InChI is InChI=1S/C21H25ClN2O3S/c1-21(2,16-8-4-3-5-9-16)15-23-20(25)18-14-17(10-11-19(18)22)28(26,27)24-12-6-7-13-24/h3-5,8-11,14H,6-7,12-13,15H2,1-2H3,(H,23,25). The fourth-order valence-corrected chi connectivity index (χ4v) is 5.05. The highest BCUT2D eigenvalue weighted by molar-refractivity contribution is 7.89. The number of amides is 1.